The van der Waals surface area contributed by atoms with E-state index >= 15 is 0 Å². The van der Waals surface area contributed by atoms with Gasteiger partial charge in [0.25, 0.3) is 0 Å². The summed E-state index contributed by atoms with van der Waals surface area (Å²) in [5.41, 5.74) is 4.41. The van der Waals surface area contributed by atoms with E-state index in [1.165, 1.54) is 13.0 Å². The molecule has 0 aliphatic carbocycles. The minimum atomic E-state index is -1.01. The number of anilines is 1. The Labute approximate surface area is 115 Å². The molecular formula is C13H13N5O2. The van der Waals surface area contributed by atoms with E-state index in [9.17, 15) is 4.79 Å². The molecule has 1 heterocycles. The van der Waals surface area contributed by atoms with Crippen LogP contribution >= 0.6 is 0 Å². The van der Waals surface area contributed by atoms with Crippen LogP contribution in [0.15, 0.2) is 41.0 Å². The fourth-order valence-electron chi connectivity index (χ4n) is 1.72. The van der Waals surface area contributed by atoms with Crippen LogP contribution in [0.25, 0.3) is 0 Å². The number of carbonyl (C=O) groups is 1. The van der Waals surface area contributed by atoms with Gasteiger partial charge in [-0.3, -0.25) is 4.79 Å². The maximum atomic E-state index is 10.9. The third-order valence-electron chi connectivity index (χ3n) is 2.54. The van der Waals surface area contributed by atoms with Crippen molar-refractivity contribution in [1.29, 1.82) is 5.26 Å². The summed E-state index contributed by atoms with van der Waals surface area (Å²) in [7, 11) is 0. The van der Waals surface area contributed by atoms with Crippen molar-refractivity contribution in [2.45, 2.75) is 13.0 Å². The molecule has 0 bridgehead atoms. The van der Waals surface area contributed by atoms with Crippen LogP contribution < -0.4 is 16.6 Å². The van der Waals surface area contributed by atoms with Gasteiger partial charge in [0.05, 0.1) is 17.1 Å². The highest BCUT2D eigenvalue weighted by atomic mass is 16.5. The van der Waals surface area contributed by atoms with Crippen molar-refractivity contribution in [2.24, 2.45) is 10.8 Å². The standard InChI is InChI=1S/C13H13N5O2/c1-8(19)20-9(7-14)6-12-13(18-15)17-11-5-3-2-4-10(11)16-12/h2-6,9,16H,15H2,1H3,(H,17,18)/b12-6-. The minimum absolute atomic E-state index is 0.358. The molecule has 7 heteroatoms. The molecule has 102 valence electrons. The number of para-hydroxylation sites is 2. The number of nitrogens with two attached hydrogens (primary N) is 1. The lowest BCUT2D eigenvalue weighted by Crippen LogP contribution is -2.36. The Morgan fingerprint density at radius 2 is 2.35 bits per heavy atom. The number of fused-ring (bicyclic) bond motifs is 1. The number of benzene rings is 1. The van der Waals surface area contributed by atoms with E-state index in [0.717, 1.165) is 11.4 Å². The Morgan fingerprint density at radius 1 is 1.60 bits per heavy atom. The van der Waals surface area contributed by atoms with Gasteiger partial charge in [-0.15, -0.1) is 0 Å². The zero-order valence-corrected chi connectivity index (χ0v) is 10.8. The van der Waals surface area contributed by atoms with Crippen molar-refractivity contribution in [3.63, 3.8) is 0 Å². The van der Waals surface area contributed by atoms with Gasteiger partial charge < -0.3 is 15.5 Å². The fourth-order valence-corrected chi connectivity index (χ4v) is 1.72. The Balaban J connectivity index is 2.34. The van der Waals surface area contributed by atoms with Gasteiger partial charge in [0.15, 0.2) is 5.84 Å². The summed E-state index contributed by atoms with van der Waals surface area (Å²) >= 11 is 0. The smallest absolute Gasteiger partial charge is 0.304 e. The maximum Gasteiger partial charge on any atom is 0.304 e. The molecule has 0 saturated heterocycles. The van der Waals surface area contributed by atoms with E-state index in [1.807, 2.05) is 30.3 Å². The van der Waals surface area contributed by atoms with E-state index in [2.05, 4.69) is 15.7 Å². The number of amidine groups is 1. The summed E-state index contributed by atoms with van der Waals surface area (Å²) in [6, 6.07) is 9.24. The van der Waals surface area contributed by atoms with Crippen LogP contribution in [-0.4, -0.2) is 17.9 Å². The van der Waals surface area contributed by atoms with Crippen LogP contribution in [-0.2, 0) is 9.53 Å². The summed E-state index contributed by atoms with van der Waals surface area (Å²) in [5.74, 6) is 5.24. The number of nitriles is 1. The Kier molecular flexibility index (Phi) is 3.98. The second-order valence-corrected chi connectivity index (χ2v) is 3.99. The topological polar surface area (TPSA) is 113 Å². The predicted octanol–water partition coefficient (Wildman–Crippen LogP) is 0.945. The Hall–Kier alpha value is -2.85. The van der Waals surface area contributed by atoms with Crippen molar-refractivity contribution in [1.82, 2.24) is 5.43 Å². The third-order valence-corrected chi connectivity index (χ3v) is 2.54. The van der Waals surface area contributed by atoms with E-state index in [4.69, 9.17) is 15.8 Å². The van der Waals surface area contributed by atoms with Gasteiger partial charge in [-0.05, 0) is 18.2 Å². The lowest BCUT2D eigenvalue weighted by molar-refractivity contribution is -0.142. The van der Waals surface area contributed by atoms with Gasteiger partial charge in [-0.1, -0.05) is 12.1 Å². The predicted molar refractivity (Wildman–Crippen MR) is 73.7 cm³/mol. The van der Waals surface area contributed by atoms with E-state index in [0.29, 0.717) is 11.5 Å². The highest BCUT2D eigenvalue weighted by Crippen LogP contribution is 2.30. The normalized spacial score (nSPS) is 16.2. The summed E-state index contributed by atoms with van der Waals surface area (Å²) < 4.78 is 4.84. The van der Waals surface area contributed by atoms with E-state index < -0.39 is 12.1 Å². The quantitative estimate of drug-likeness (QED) is 0.419. The van der Waals surface area contributed by atoms with Gasteiger partial charge in [0, 0.05) is 6.92 Å². The average Bonchev–Trinajstić information content (AvgIpc) is 2.45. The number of rotatable bonds is 2. The summed E-state index contributed by atoms with van der Waals surface area (Å²) in [5, 5.41) is 12.1. The largest absolute Gasteiger partial charge is 0.443 e. The molecule has 7 nitrogen and oxygen atoms in total. The second-order valence-electron chi connectivity index (χ2n) is 3.99. The number of ether oxygens (including phenoxy) is 1. The molecular weight excluding hydrogens is 258 g/mol. The van der Waals surface area contributed by atoms with Crippen LogP contribution in [0.4, 0.5) is 11.4 Å². The van der Waals surface area contributed by atoms with Crippen LogP contribution in [0.5, 0.6) is 0 Å². The summed E-state index contributed by atoms with van der Waals surface area (Å²) in [6.45, 7) is 1.24. The van der Waals surface area contributed by atoms with Gasteiger partial charge in [0.1, 0.15) is 6.07 Å². The zero-order valence-electron chi connectivity index (χ0n) is 10.8. The SMILES string of the molecule is CC(=O)OC(C#N)/C=C1\Nc2ccccc2N=C1NN. The number of nitrogens with one attached hydrogen (secondary N) is 2. The lowest BCUT2D eigenvalue weighted by atomic mass is 10.2. The van der Waals surface area contributed by atoms with Gasteiger partial charge in [-0.25, -0.2) is 10.8 Å². The van der Waals surface area contributed by atoms with Crippen LogP contribution in [0.2, 0.25) is 0 Å². The van der Waals surface area contributed by atoms with Crippen molar-refractivity contribution in [2.75, 3.05) is 5.32 Å². The first kappa shape index (κ1) is 13.6. The first-order chi connectivity index (χ1) is 9.63. The third kappa shape index (κ3) is 2.93. The molecule has 0 fully saturated rings. The summed E-state index contributed by atoms with van der Waals surface area (Å²) in [6.07, 6.45) is 0.426. The minimum Gasteiger partial charge on any atom is -0.443 e. The number of hydrazine groups is 1. The van der Waals surface area contributed by atoms with Crippen molar-refractivity contribution < 1.29 is 9.53 Å². The Morgan fingerprint density at radius 3 is 3.00 bits per heavy atom. The molecule has 1 aromatic carbocycles. The number of hydrogen-bond acceptors (Lipinski definition) is 7. The molecule has 0 aromatic heterocycles. The molecule has 0 spiro atoms. The average molecular weight is 271 g/mol. The Bertz CT molecular complexity index is 630. The molecule has 1 aliphatic heterocycles. The van der Waals surface area contributed by atoms with Gasteiger partial charge in [-0.2, -0.15) is 5.26 Å². The molecule has 1 unspecified atom stereocenters. The zero-order chi connectivity index (χ0) is 14.5. The highest BCUT2D eigenvalue weighted by Gasteiger charge is 2.18. The van der Waals surface area contributed by atoms with E-state index in [1.54, 1.807) is 0 Å². The summed E-state index contributed by atoms with van der Waals surface area (Å²) in [4.78, 5) is 15.2. The number of aliphatic imine (C=N–C) groups is 1. The number of esters is 1. The molecule has 4 N–H and O–H groups in total. The molecule has 1 atom stereocenters. The number of nitrogens with zero attached hydrogens (tertiary/aromatic N) is 2. The maximum absolute atomic E-state index is 10.9. The second kappa shape index (κ2) is 5.86. The number of hydrogen-bond donors (Lipinski definition) is 3. The molecule has 1 aliphatic rings. The van der Waals surface area contributed by atoms with E-state index in [-0.39, 0.29) is 0 Å². The molecule has 20 heavy (non-hydrogen) atoms. The van der Waals surface area contributed by atoms with Crippen LogP contribution in [0.1, 0.15) is 6.92 Å². The van der Waals surface area contributed by atoms with Crippen molar-refractivity contribution >= 4 is 23.2 Å². The van der Waals surface area contributed by atoms with Crippen LogP contribution in [0.3, 0.4) is 0 Å². The monoisotopic (exact) mass is 271 g/mol. The molecule has 1 aromatic rings. The molecule has 0 saturated carbocycles. The van der Waals surface area contributed by atoms with Gasteiger partial charge in [0.2, 0.25) is 6.10 Å². The first-order valence-corrected chi connectivity index (χ1v) is 5.84. The molecule has 0 radical (unpaired) electrons. The lowest BCUT2D eigenvalue weighted by Gasteiger charge is -2.20. The molecule has 2 rings (SSSR count). The fraction of sp³-hybridized carbons (Fsp3) is 0.154. The van der Waals surface area contributed by atoms with Crippen molar-refractivity contribution in [3.8, 4) is 6.07 Å². The molecule has 0 amide bonds. The highest BCUT2D eigenvalue weighted by molar-refractivity contribution is 6.05. The van der Waals surface area contributed by atoms with Crippen molar-refractivity contribution in [3.05, 3.63) is 36.0 Å². The van der Waals surface area contributed by atoms with Crippen LogP contribution in [0, 0.1) is 11.3 Å². The number of carbonyl (C=O) groups excluding carboxylic acids is 1. The first-order valence-electron chi connectivity index (χ1n) is 5.84. The van der Waals surface area contributed by atoms with Gasteiger partial charge >= 0.3 is 5.97 Å².